The molecule has 2 saturated heterocycles. The molecular formula is C27H37BN2O5. The third-order valence-electron chi connectivity index (χ3n) is 7.24. The van der Waals surface area contributed by atoms with E-state index in [1.165, 1.54) is 0 Å². The third-order valence-corrected chi connectivity index (χ3v) is 7.24. The summed E-state index contributed by atoms with van der Waals surface area (Å²) in [5, 5.41) is 1.81. The number of nitrogens with zero attached hydrogens (tertiary/aromatic N) is 2. The molecule has 7 nitrogen and oxygen atoms in total. The first-order valence-electron chi connectivity index (χ1n) is 12.4. The lowest BCUT2D eigenvalue weighted by Gasteiger charge is -2.40. The molecule has 2 aromatic rings. The van der Waals surface area contributed by atoms with Crippen molar-refractivity contribution in [2.45, 2.75) is 78.2 Å². The molecule has 0 aromatic heterocycles. The van der Waals surface area contributed by atoms with E-state index >= 15 is 0 Å². The highest BCUT2D eigenvalue weighted by molar-refractivity contribution is 6.65. The second-order valence-electron chi connectivity index (χ2n) is 11.6. The van der Waals surface area contributed by atoms with Crippen molar-refractivity contribution in [3.05, 3.63) is 42.0 Å². The first-order valence-corrected chi connectivity index (χ1v) is 12.4. The van der Waals surface area contributed by atoms with Crippen LogP contribution >= 0.6 is 0 Å². The van der Waals surface area contributed by atoms with Gasteiger partial charge in [0.1, 0.15) is 5.60 Å². The van der Waals surface area contributed by atoms with Crippen LogP contribution in [0.5, 0.6) is 0 Å². The number of carbonyl (C=O) groups excluding carboxylic acids is 2. The Morgan fingerprint density at radius 2 is 1.57 bits per heavy atom. The van der Waals surface area contributed by atoms with E-state index in [4.69, 9.17) is 14.0 Å². The standard InChI is InChI=1S/C27H37BN2O5/c1-18-17-29(15-16-30(18)24(32)33-25(2,3)4)23(31)21-13-9-12-20-19(21)11-10-14-22(20)28-34-26(5,6)27(7,8)35-28/h9-14,18H,15-17H2,1-8H3/t18-/m1/s1. The number of benzene rings is 2. The Labute approximate surface area is 208 Å². The summed E-state index contributed by atoms with van der Waals surface area (Å²) in [6.07, 6.45) is -0.339. The van der Waals surface area contributed by atoms with Crippen LogP contribution in [0.4, 0.5) is 4.79 Å². The zero-order valence-electron chi connectivity index (χ0n) is 22.2. The van der Waals surface area contributed by atoms with Crippen LogP contribution < -0.4 is 5.46 Å². The highest BCUT2D eigenvalue weighted by Gasteiger charge is 2.52. The van der Waals surface area contributed by atoms with E-state index in [0.717, 1.165) is 16.2 Å². The number of hydrogen-bond donors (Lipinski definition) is 0. The molecule has 0 saturated carbocycles. The second-order valence-corrected chi connectivity index (χ2v) is 11.6. The monoisotopic (exact) mass is 480 g/mol. The molecular weight excluding hydrogens is 443 g/mol. The topological polar surface area (TPSA) is 68.3 Å². The van der Waals surface area contributed by atoms with Gasteiger partial charge in [0.05, 0.1) is 11.2 Å². The van der Waals surface area contributed by atoms with Crippen molar-refractivity contribution in [3.8, 4) is 0 Å². The molecule has 2 amide bonds. The molecule has 4 rings (SSSR count). The van der Waals surface area contributed by atoms with Gasteiger partial charge in [0.2, 0.25) is 0 Å². The maximum absolute atomic E-state index is 13.6. The number of carbonyl (C=O) groups is 2. The molecule has 8 heteroatoms. The smallest absolute Gasteiger partial charge is 0.444 e. The van der Waals surface area contributed by atoms with E-state index in [9.17, 15) is 9.59 Å². The van der Waals surface area contributed by atoms with Crippen LogP contribution in [0, 0.1) is 0 Å². The Morgan fingerprint density at radius 1 is 0.971 bits per heavy atom. The molecule has 0 bridgehead atoms. The number of piperazine rings is 1. The van der Waals surface area contributed by atoms with Gasteiger partial charge in [-0.3, -0.25) is 4.79 Å². The Bertz CT molecular complexity index is 1120. The Morgan fingerprint density at radius 3 is 2.17 bits per heavy atom. The molecule has 1 atom stereocenters. The van der Waals surface area contributed by atoms with Crippen molar-refractivity contribution in [3.63, 3.8) is 0 Å². The van der Waals surface area contributed by atoms with Gasteiger partial charge < -0.3 is 23.8 Å². The van der Waals surface area contributed by atoms with Gasteiger partial charge in [-0.05, 0) is 77.7 Å². The molecule has 188 valence electrons. The van der Waals surface area contributed by atoms with Gasteiger partial charge in [-0.1, -0.05) is 30.3 Å². The molecule has 0 radical (unpaired) electrons. The summed E-state index contributed by atoms with van der Waals surface area (Å²) in [5.74, 6) is -0.0441. The highest BCUT2D eigenvalue weighted by Crippen LogP contribution is 2.37. The maximum Gasteiger partial charge on any atom is 0.495 e. The van der Waals surface area contributed by atoms with Gasteiger partial charge in [0.15, 0.2) is 0 Å². The van der Waals surface area contributed by atoms with E-state index in [1.54, 1.807) is 4.90 Å². The predicted molar refractivity (Wildman–Crippen MR) is 138 cm³/mol. The Hall–Kier alpha value is -2.58. The fourth-order valence-corrected chi connectivity index (χ4v) is 4.60. The molecule has 0 unspecified atom stereocenters. The van der Waals surface area contributed by atoms with Crippen LogP contribution in [0.1, 0.15) is 65.7 Å². The molecule has 0 N–H and O–H groups in total. The molecule has 2 fully saturated rings. The van der Waals surface area contributed by atoms with Crippen molar-refractivity contribution >= 4 is 35.4 Å². The van der Waals surface area contributed by atoms with Crippen molar-refractivity contribution in [2.24, 2.45) is 0 Å². The predicted octanol–water partition coefficient (Wildman–Crippen LogP) is 4.22. The van der Waals surface area contributed by atoms with E-state index in [0.29, 0.717) is 25.2 Å². The third kappa shape index (κ3) is 4.91. The molecule has 0 aliphatic carbocycles. The minimum Gasteiger partial charge on any atom is -0.444 e. The zero-order chi connectivity index (χ0) is 25.8. The number of ether oxygens (including phenoxy) is 1. The van der Waals surface area contributed by atoms with Gasteiger partial charge in [-0.15, -0.1) is 0 Å². The average molecular weight is 480 g/mol. The van der Waals surface area contributed by atoms with Gasteiger partial charge >= 0.3 is 13.2 Å². The van der Waals surface area contributed by atoms with Crippen molar-refractivity contribution in [1.82, 2.24) is 9.80 Å². The summed E-state index contributed by atoms with van der Waals surface area (Å²) in [4.78, 5) is 29.7. The Balaban J connectivity index is 1.57. The van der Waals surface area contributed by atoms with Crippen LogP contribution in [-0.4, -0.2) is 71.4 Å². The summed E-state index contributed by atoms with van der Waals surface area (Å²) in [5.41, 5.74) is 0.105. The van der Waals surface area contributed by atoms with E-state index in [2.05, 4.69) is 0 Å². The van der Waals surface area contributed by atoms with E-state index in [1.807, 2.05) is 96.7 Å². The summed E-state index contributed by atoms with van der Waals surface area (Å²) in [7, 11) is -0.508. The lowest BCUT2D eigenvalue weighted by Crippen LogP contribution is -2.56. The van der Waals surface area contributed by atoms with Crippen molar-refractivity contribution in [2.75, 3.05) is 19.6 Å². The molecule has 2 aromatic carbocycles. The number of hydrogen-bond acceptors (Lipinski definition) is 5. The van der Waals surface area contributed by atoms with E-state index in [-0.39, 0.29) is 18.0 Å². The molecule has 35 heavy (non-hydrogen) atoms. The molecule has 2 aliphatic heterocycles. The van der Waals surface area contributed by atoms with Gasteiger partial charge in [0.25, 0.3) is 5.91 Å². The van der Waals surface area contributed by atoms with Gasteiger partial charge in [-0.2, -0.15) is 0 Å². The Kier molecular flexibility index (Phi) is 6.43. The summed E-state index contributed by atoms with van der Waals surface area (Å²) in [6.45, 7) is 17.0. The molecule has 2 heterocycles. The minimum absolute atomic E-state index is 0.0441. The lowest BCUT2D eigenvalue weighted by atomic mass is 9.75. The summed E-state index contributed by atoms with van der Waals surface area (Å²) in [6, 6.07) is 11.6. The van der Waals surface area contributed by atoms with Crippen LogP contribution in [-0.2, 0) is 14.0 Å². The van der Waals surface area contributed by atoms with E-state index < -0.39 is 23.9 Å². The largest absolute Gasteiger partial charge is 0.495 e. The van der Waals surface area contributed by atoms with Crippen LogP contribution in [0.2, 0.25) is 0 Å². The quantitative estimate of drug-likeness (QED) is 0.603. The van der Waals surface area contributed by atoms with Crippen molar-refractivity contribution < 1.29 is 23.6 Å². The van der Waals surface area contributed by atoms with Crippen molar-refractivity contribution in [1.29, 1.82) is 0 Å². The normalized spacial score (nSPS) is 21.9. The van der Waals surface area contributed by atoms with Crippen LogP contribution in [0.3, 0.4) is 0 Å². The number of fused-ring (bicyclic) bond motifs is 1. The number of rotatable bonds is 2. The second kappa shape index (κ2) is 8.82. The summed E-state index contributed by atoms with van der Waals surface area (Å²) < 4.78 is 18.1. The molecule has 0 spiro atoms. The molecule has 2 aliphatic rings. The highest BCUT2D eigenvalue weighted by atomic mass is 16.7. The maximum atomic E-state index is 13.6. The lowest BCUT2D eigenvalue weighted by molar-refractivity contribution is 0.00201. The minimum atomic E-state index is -0.554. The van der Waals surface area contributed by atoms with Crippen LogP contribution in [0.15, 0.2) is 36.4 Å². The fraction of sp³-hybridized carbons (Fsp3) is 0.556. The zero-order valence-corrected chi connectivity index (χ0v) is 22.2. The SMILES string of the molecule is C[C@@H]1CN(C(=O)c2cccc3c(B4OC(C)(C)C(C)(C)O4)cccc23)CCN1C(=O)OC(C)(C)C. The first kappa shape index (κ1) is 25.5. The number of amides is 2. The average Bonchev–Trinajstić information content (AvgIpc) is 2.97. The summed E-state index contributed by atoms with van der Waals surface area (Å²) >= 11 is 0. The van der Waals surface area contributed by atoms with Gasteiger partial charge in [0, 0.05) is 31.2 Å². The van der Waals surface area contributed by atoms with Crippen LogP contribution in [0.25, 0.3) is 10.8 Å². The van der Waals surface area contributed by atoms with Gasteiger partial charge in [-0.25, -0.2) is 4.79 Å². The fourth-order valence-electron chi connectivity index (χ4n) is 4.60. The first-order chi connectivity index (χ1) is 16.2.